The van der Waals surface area contributed by atoms with Crippen LogP contribution in [0.1, 0.15) is 57.8 Å². The lowest BCUT2D eigenvalue weighted by molar-refractivity contribution is -0.902. The van der Waals surface area contributed by atoms with Gasteiger partial charge in [0.1, 0.15) is 0 Å². The highest BCUT2D eigenvalue weighted by molar-refractivity contribution is 14.1. The van der Waals surface area contributed by atoms with Crippen molar-refractivity contribution >= 4 is 143 Å². The Morgan fingerprint density at radius 1 is 0.621 bits per heavy atom. The van der Waals surface area contributed by atoms with Crippen molar-refractivity contribution < 1.29 is 42.5 Å². The first-order valence-corrected chi connectivity index (χ1v) is 29.3. The van der Waals surface area contributed by atoms with Crippen LogP contribution in [0.5, 0.6) is 0 Å². The summed E-state index contributed by atoms with van der Waals surface area (Å²) in [6.45, 7) is 11.5. The third kappa shape index (κ3) is 35.0. The highest BCUT2D eigenvalue weighted by Crippen LogP contribution is 2.31. The zero-order valence-electron chi connectivity index (χ0n) is 42.1. The van der Waals surface area contributed by atoms with Crippen LogP contribution >= 0.6 is 92.5 Å². The molecular formula is C41H85B3I3N9O7P3. The number of cyclic esters (lactones) is 2. The Bertz CT molecular complexity index is 1390. The number of halogens is 3. The summed E-state index contributed by atoms with van der Waals surface area (Å²) >= 11 is 6.37. The van der Waals surface area contributed by atoms with Crippen molar-refractivity contribution in [3.63, 3.8) is 0 Å². The van der Waals surface area contributed by atoms with Crippen LogP contribution in [-0.2, 0) is 33.5 Å². The van der Waals surface area contributed by atoms with Crippen molar-refractivity contribution in [1.29, 1.82) is 0 Å². The van der Waals surface area contributed by atoms with Gasteiger partial charge in [-0.1, -0.05) is 0 Å². The topological polar surface area (TPSA) is 175 Å². The maximum atomic E-state index is 12.2. The highest BCUT2D eigenvalue weighted by atomic mass is 127. The number of carbonyl (C=O) groups is 6. The summed E-state index contributed by atoms with van der Waals surface area (Å²) in [5, 5.41) is 6.68. The number of imide groups is 2. The number of ether oxygens (including phenoxy) is 1. The van der Waals surface area contributed by atoms with Crippen molar-refractivity contribution in [3.8, 4) is 0 Å². The third-order valence-electron chi connectivity index (χ3n) is 10.1. The van der Waals surface area contributed by atoms with E-state index in [0.717, 1.165) is 93.6 Å². The van der Waals surface area contributed by atoms with E-state index in [1.165, 1.54) is 29.2 Å². The number of amides is 4. The lowest BCUT2D eigenvalue weighted by Gasteiger charge is -2.32. The van der Waals surface area contributed by atoms with Crippen LogP contribution in [0, 0.1) is 14.9 Å². The molecule has 0 aromatic rings. The van der Waals surface area contributed by atoms with Gasteiger partial charge in [0.2, 0.25) is 38.2 Å². The Morgan fingerprint density at radius 2 is 1.03 bits per heavy atom. The predicted octanol–water partition coefficient (Wildman–Crippen LogP) is 3.27. The standard InChI is InChI=1S/C15H31BIN3O2P.C12H23BIN3O2P.C8H21N3.C4H4BIO3P.2CH3/c1-19(2,3)9-7-11-20(4,5)10-6-8-18-14(21)12-13(15(18)22)23-16-17;1-16(2)7-3-5-15-6-4-8-17-11(18)9-10(12(17)19)20-13-14;1-11(2)8-4-7-10-6-3-5-9;6-5-10-2-1-3(7)9-4(2)8;;/h13,23H,6-12H2,1-5H3;10,15,20H,3-9H2,1-2H3;10H,3-9H2,1-2H3;2,10H,1H2;2*1H3/q+2;;;;2*-1. The fraction of sp³-hybridized carbons (Fsp3) is 0.805. The molecule has 3 heterocycles. The summed E-state index contributed by atoms with van der Waals surface area (Å²) in [6, 6.07) is 0. The minimum atomic E-state index is -0.388. The van der Waals surface area contributed by atoms with Gasteiger partial charge in [-0.15, -0.1) is 25.4 Å². The molecule has 3 saturated heterocycles. The van der Waals surface area contributed by atoms with Gasteiger partial charge in [0.25, 0.3) is 0 Å². The van der Waals surface area contributed by atoms with E-state index < -0.39 is 0 Å². The minimum Gasteiger partial charge on any atom is -0.393 e. The molecule has 6 atom stereocenters. The van der Waals surface area contributed by atoms with E-state index in [0.29, 0.717) is 51.3 Å². The van der Waals surface area contributed by atoms with Crippen LogP contribution < -0.4 is 16.4 Å². The first-order chi connectivity index (χ1) is 30.1. The van der Waals surface area contributed by atoms with Crippen molar-refractivity contribution in [2.24, 2.45) is 5.73 Å². The molecular weight excluding hydrogens is 1240 g/mol. The number of nitrogens with two attached hydrogens (primary N) is 1. The second kappa shape index (κ2) is 41.3. The largest absolute Gasteiger partial charge is 0.393 e. The summed E-state index contributed by atoms with van der Waals surface area (Å²) in [6.07, 6.45) is 7.39. The van der Waals surface area contributed by atoms with E-state index in [1.54, 1.807) is 0 Å². The summed E-state index contributed by atoms with van der Waals surface area (Å²) in [7, 11) is 20.8. The van der Waals surface area contributed by atoms with E-state index >= 15 is 0 Å². The van der Waals surface area contributed by atoms with Gasteiger partial charge in [0, 0.05) is 38.8 Å². The number of nitrogens with zero attached hydrogens (tertiary/aromatic N) is 6. The normalized spacial score (nSPS) is 18.7. The average Bonchev–Trinajstić information content (AvgIpc) is 3.77. The molecule has 3 rings (SSSR count). The lowest BCUT2D eigenvalue weighted by Crippen LogP contribution is -2.45. The van der Waals surface area contributed by atoms with Crippen LogP contribution in [0.25, 0.3) is 0 Å². The van der Waals surface area contributed by atoms with Crippen LogP contribution in [0.15, 0.2) is 0 Å². The number of carbonyl (C=O) groups excluding carboxylic acids is 6. The second-order valence-corrected chi connectivity index (χ2v) is 27.4. The molecule has 3 aliphatic rings. The molecule has 16 nitrogen and oxygen atoms in total. The summed E-state index contributed by atoms with van der Waals surface area (Å²) in [4.78, 5) is 82.3. The van der Waals surface area contributed by atoms with E-state index in [1.807, 2.05) is 14.6 Å². The molecule has 25 heteroatoms. The van der Waals surface area contributed by atoms with Gasteiger partial charge in [-0.2, -0.15) is 67.1 Å². The van der Waals surface area contributed by atoms with Crippen LogP contribution in [-0.4, -0.2) is 238 Å². The van der Waals surface area contributed by atoms with Gasteiger partial charge in [0.05, 0.1) is 78.3 Å². The molecule has 0 aliphatic carbocycles. The first kappa shape index (κ1) is 71.1. The molecule has 66 heavy (non-hydrogen) atoms. The molecule has 0 saturated carbocycles. The molecule has 0 spiro atoms. The van der Waals surface area contributed by atoms with Gasteiger partial charge in [0.15, 0.2) is 0 Å². The van der Waals surface area contributed by atoms with Crippen molar-refractivity contribution in [1.82, 2.24) is 30.2 Å². The van der Waals surface area contributed by atoms with Crippen LogP contribution in [0.3, 0.4) is 0 Å². The van der Waals surface area contributed by atoms with E-state index in [-0.39, 0.29) is 73.8 Å². The molecule has 4 N–H and O–H groups in total. The van der Waals surface area contributed by atoms with Crippen molar-refractivity contribution in [2.75, 3.05) is 142 Å². The van der Waals surface area contributed by atoms with Crippen LogP contribution in [0.4, 0.5) is 0 Å². The zero-order chi connectivity index (χ0) is 48.7. The monoisotopic (exact) mass is 1320 g/mol. The fourth-order valence-electron chi connectivity index (χ4n) is 6.55. The first-order valence-electron chi connectivity index (χ1n) is 22.1. The summed E-state index contributed by atoms with van der Waals surface area (Å²) in [5.74, 6) is -0.679. The number of nitrogens with one attached hydrogen (secondary N) is 2. The molecule has 4 amide bonds. The quantitative estimate of drug-likeness (QED) is 0.0115. The number of likely N-dealkylation sites (tertiary alicyclic amines) is 2. The number of quaternary nitrogens is 2. The Kier molecular flexibility index (Phi) is 44.5. The van der Waals surface area contributed by atoms with E-state index in [9.17, 15) is 28.8 Å². The fourth-order valence-corrected chi connectivity index (χ4v) is 12.6. The molecule has 0 bridgehead atoms. The van der Waals surface area contributed by atoms with E-state index in [4.69, 9.17) is 5.73 Å². The molecule has 3 aliphatic heterocycles. The maximum Gasteiger partial charge on any atom is 0.320 e. The van der Waals surface area contributed by atoms with Crippen LogP contribution in [0.2, 0.25) is 0 Å². The number of rotatable bonds is 29. The number of esters is 2. The molecule has 381 valence electrons. The van der Waals surface area contributed by atoms with Gasteiger partial charge in [-0.3, -0.25) is 38.6 Å². The van der Waals surface area contributed by atoms with Gasteiger partial charge >= 0.3 is 11.9 Å². The number of hydrogen-bond acceptors (Lipinski definition) is 12. The SMILES string of the molecule is CN(C)CCCNCCCN.CN(C)CCCNCCCN1C(=O)CC(P[B]I)C1=O.C[N+](C)(C)CCC[N+](C)(C)CCCN1C(=O)CC(P[B]I)C1=O.O=C1CC(P[B]I)C(=O)O1.[CH3-].[CH3-]. The smallest absolute Gasteiger partial charge is 0.320 e. The predicted molar refractivity (Wildman–Crippen MR) is 311 cm³/mol. The molecule has 6 unspecified atom stereocenters. The maximum absolute atomic E-state index is 12.2. The minimum absolute atomic E-state index is 0. The molecule has 3 radical (unpaired) electrons. The Labute approximate surface area is 448 Å². The van der Waals surface area contributed by atoms with Gasteiger partial charge in [-0.05, 0) is 99.7 Å². The second-order valence-electron chi connectivity index (χ2n) is 18.1. The van der Waals surface area contributed by atoms with Gasteiger partial charge in [-0.25, -0.2) is 0 Å². The molecule has 3 fully saturated rings. The zero-order valence-corrected chi connectivity index (χ0v) is 51.5. The third-order valence-corrected chi connectivity index (χ3v) is 16.3. The summed E-state index contributed by atoms with van der Waals surface area (Å²) < 4.78 is 6.27. The average molecular weight is 1320 g/mol. The van der Waals surface area contributed by atoms with E-state index in [2.05, 4.69) is 156 Å². The molecule has 0 aromatic heterocycles. The Balaban J connectivity index is -0.000000838. The summed E-state index contributed by atoms with van der Waals surface area (Å²) in [5.41, 5.74) is 4.97. The molecule has 0 aromatic carbocycles. The number of hydrogen-bond donors (Lipinski definition) is 3. The Morgan fingerprint density at radius 3 is 1.42 bits per heavy atom. The lowest BCUT2D eigenvalue weighted by atomic mass is 10.2. The van der Waals surface area contributed by atoms with Crippen molar-refractivity contribution in [3.05, 3.63) is 14.9 Å². The van der Waals surface area contributed by atoms with Gasteiger partial charge < -0.3 is 54.7 Å². The highest BCUT2D eigenvalue weighted by Gasteiger charge is 2.38. The van der Waals surface area contributed by atoms with Crippen molar-refractivity contribution in [2.45, 2.75) is 74.8 Å². The Hall–Kier alpha value is 0.815.